The maximum absolute atomic E-state index is 5.90. The highest BCUT2D eigenvalue weighted by molar-refractivity contribution is 7.99. The number of anilines is 1. The number of pyridine rings is 1. The summed E-state index contributed by atoms with van der Waals surface area (Å²) in [6.45, 7) is 5.38. The Kier molecular flexibility index (Phi) is 3.98. The minimum atomic E-state index is 0.563. The van der Waals surface area contributed by atoms with Crippen LogP contribution in [0.4, 0.5) is 5.82 Å². The van der Waals surface area contributed by atoms with E-state index in [4.69, 9.17) is 11.6 Å². The Bertz CT molecular complexity index is 370. The Morgan fingerprint density at radius 3 is 3.06 bits per heavy atom. The average molecular weight is 257 g/mol. The van der Waals surface area contributed by atoms with Crippen LogP contribution >= 0.6 is 23.4 Å². The van der Waals surface area contributed by atoms with Crippen molar-refractivity contribution in [3.8, 4) is 0 Å². The second kappa shape index (κ2) is 5.28. The zero-order chi connectivity index (χ0) is 11.5. The second-order valence-corrected chi connectivity index (χ2v) is 5.64. The molecule has 0 spiro atoms. The van der Waals surface area contributed by atoms with E-state index in [0.717, 1.165) is 23.6 Å². The molecule has 0 amide bonds. The van der Waals surface area contributed by atoms with Crippen molar-refractivity contribution in [3.05, 3.63) is 23.4 Å². The lowest BCUT2D eigenvalue weighted by molar-refractivity contribution is 0.688. The van der Waals surface area contributed by atoms with Gasteiger partial charge in [-0.25, -0.2) is 4.98 Å². The molecule has 1 aromatic rings. The monoisotopic (exact) mass is 256 g/mol. The van der Waals surface area contributed by atoms with E-state index < -0.39 is 0 Å². The molecule has 1 atom stereocenters. The van der Waals surface area contributed by atoms with Crippen LogP contribution in [-0.2, 0) is 5.88 Å². The van der Waals surface area contributed by atoms with Gasteiger partial charge in [0.2, 0.25) is 0 Å². The highest BCUT2D eigenvalue weighted by atomic mass is 35.5. The first kappa shape index (κ1) is 12.1. The summed E-state index contributed by atoms with van der Waals surface area (Å²) in [5.74, 6) is 4.03. The van der Waals surface area contributed by atoms with Crippen molar-refractivity contribution in [1.29, 1.82) is 0 Å². The lowest BCUT2D eigenvalue weighted by Crippen LogP contribution is -2.41. The van der Waals surface area contributed by atoms with Crippen molar-refractivity contribution in [1.82, 2.24) is 4.98 Å². The fraction of sp³-hybridized carbons (Fsp3) is 0.583. The normalized spacial score (nSPS) is 21.2. The summed E-state index contributed by atoms with van der Waals surface area (Å²) >= 11 is 7.92. The van der Waals surface area contributed by atoms with Gasteiger partial charge in [0.1, 0.15) is 5.82 Å². The zero-order valence-corrected chi connectivity index (χ0v) is 11.3. The highest BCUT2D eigenvalue weighted by Crippen LogP contribution is 2.24. The van der Waals surface area contributed by atoms with Crippen LogP contribution in [-0.4, -0.2) is 29.1 Å². The van der Waals surface area contributed by atoms with Gasteiger partial charge < -0.3 is 4.90 Å². The fourth-order valence-electron chi connectivity index (χ4n) is 2.01. The molecule has 88 valence electrons. The number of hydrogen-bond acceptors (Lipinski definition) is 3. The minimum absolute atomic E-state index is 0.563. The van der Waals surface area contributed by atoms with Crippen molar-refractivity contribution >= 4 is 29.2 Å². The Morgan fingerprint density at radius 2 is 2.38 bits per heavy atom. The number of nitrogens with zero attached hydrogens (tertiary/aromatic N) is 2. The number of aromatic nitrogens is 1. The molecule has 2 heterocycles. The number of rotatable bonds is 2. The summed E-state index contributed by atoms with van der Waals surface area (Å²) < 4.78 is 0. The summed E-state index contributed by atoms with van der Waals surface area (Å²) in [4.78, 5) is 7.00. The number of aryl methyl sites for hydroxylation is 1. The van der Waals surface area contributed by atoms with Crippen LogP contribution in [0.5, 0.6) is 0 Å². The molecule has 0 radical (unpaired) electrons. The maximum Gasteiger partial charge on any atom is 0.129 e. The summed E-state index contributed by atoms with van der Waals surface area (Å²) in [5, 5.41) is 0. The van der Waals surface area contributed by atoms with Crippen LogP contribution in [0.3, 0.4) is 0 Å². The molecule has 0 N–H and O–H groups in total. The van der Waals surface area contributed by atoms with Gasteiger partial charge in [-0.3, -0.25) is 0 Å². The summed E-state index contributed by atoms with van der Waals surface area (Å²) in [6, 6.07) is 4.74. The van der Waals surface area contributed by atoms with E-state index in [2.05, 4.69) is 28.9 Å². The van der Waals surface area contributed by atoms with E-state index in [-0.39, 0.29) is 0 Å². The quantitative estimate of drug-likeness (QED) is 0.757. The van der Waals surface area contributed by atoms with Gasteiger partial charge in [0.25, 0.3) is 0 Å². The molecule has 2 nitrogen and oxygen atoms in total. The topological polar surface area (TPSA) is 16.1 Å². The van der Waals surface area contributed by atoms with Crippen LogP contribution in [0.15, 0.2) is 12.1 Å². The van der Waals surface area contributed by atoms with Gasteiger partial charge >= 0.3 is 0 Å². The molecule has 0 saturated carbocycles. The van der Waals surface area contributed by atoms with Gasteiger partial charge in [0.05, 0.1) is 0 Å². The van der Waals surface area contributed by atoms with Crippen LogP contribution in [0.2, 0.25) is 0 Å². The average Bonchev–Trinajstić information content (AvgIpc) is 2.28. The SMILES string of the molecule is Cc1cc(CCl)cc(N2CCSCC2C)n1. The molecule has 2 rings (SSSR count). The van der Waals surface area contributed by atoms with Crippen molar-refractivity contribution in [2.45, 2.75) is 25.8 Å². The molecule has 4 heteroatoms. The van der Waals surface area contributed by atoms with Crippen LogP contribution < -0.4 is 4.90 Å². The Morgan fingerprint density at radius 1 is 1.56 bits per heavy atom. The standard InChI is InChI=1S/C12H17ClN2S/c1-9-5-11(7-13)6-12(14-9)15-3-4-16-8-10(15)2/h5-6,10H,3-4,7-8H2,1-2H3. The molecule has 0 bridgehead atoms. The van der Waals surface area contributed by atoms with E-state index in [1.165, 1.54) is 11.5 Å². The van der Waals surface area contributed by atoms with Crippen LogP contribution in [0, 0.1) is 6.92 Å². The molecule has 1 fully saturated rings. The van der Waals surface area contributed by atoms with E-state index >= 15 is 0 Å². The van der Waals surface area contributed by atoms with Crippen molar-refractivity contribution in [2.75, 3.05) is 23.0 Å². The second-order valence-electron chi connectivity index (χ2n) is 4.23. The van der Waals surface area contributed by atoms with Gasteiger partial charge in [0, 0.05) is 35.7 Å². The highest BCUT2D eigenvalue weighted by Gasteiger charge is 2.20. The lowest BCUT2D eigenvalue weighted by atomic mass is 10.2. The van der Waals surface area contributed by atoms with E-state index in [1.807, 2.05) is 18.7 Å². The zero-order valence-electron chi connectivity index (χ0n) is 9.74. The lowest BCUT2D eigenvalue weighted by Gasteiger charge is -2.34. The van der Waals surface area contributed by atoms with E-state index in [0.29, 0.717) is 11.9 Å². The largest absolute Gasteiger partial charge is 0.352 e. The van der Waals surface area contributed by atoms with Crippen molar-refractivity contribution in [2.24, 2.45) is 0 Å². The minimum Gasteiger partial charge on any atom is -0.352 e. The Balaban J connectivity index is 2.27. The number of halogens is 1. The Labute approximate surface area is 106 Å². The molecular weight excluding hydrogens is 240 g/mol. The molecule has 0 aromatic carbocycles. The molecule has 1 unspecified atom stereocenters. The summed E-state index contributed by atoms with van der Waals surface area (Å²) in [7, 11) is 0. The van der Waals surface area contributed by atoms with Gasteiger partial charge in [-0.15, -0.1) is 11.6 Å². The third kappa shape index (κ3) is 2.64. The third-order valence-electron chi connectivity index (χ3n) is 2.82. The van der Waals surface area contributed by atoms with Crippen molar-refractivity contribution < 1.29 is 0 Å². The third-order valence-corrected chi connectivity index (χ3v) is 4.31. The number of hydrogen-bond donors (Lipinski definition) is 0. The predicted molar refractivity (Wildman–Crippen MR) is 72.7 cm³/mol. The fourth-order valence-corrected chi connectivity index (χ4v) is 3.18. The van der Waals surface area contributed by atoms with Gasteiger partial charge in [-0.1, -0.05) is 0 Å². The first-order valence-corrected chi connectivity index (χ1v) is 7.27. The maximum atomic E-state index is 5.90. The molecule has 16 heavy (non-hydrogen) atoms. The first-order valence-electron chi connectivity index (χ1n) is 5.58. The molecule has 1 aromatic heterocycles. The van der Waals surface area contributed by atoms with Gasteiger partial charge in [-0.05, 0) is 31.5 Å². The molecule has 0 aliphatic carbocycles. The van der Waals surface area contributed by atoms with E-state index in [9.17, 15) is 0 Å². The molecule has 1 saturated heterocycles. The molecule has 1 aliphatic rings. The number of alkyl halides is 1. The molecule has 1 aliphatic heterocycles. The Hall–Kier alpha value is -0.410. The van der Waals surface area contributed by atoms with Crippen LogP contribution in [0.1, 0.15) is 18.2 Å². The van der Waals surface area contributed by atoms with Gasteiger partial charge in [0.15, 0.2) is 0 Å². The summed E-state index contributed by atoms with van der Waals surface area (Å²) in [6.07, 6.45) is 0. The summed E-state index contributed by atoms with van der Waals surface area (Å²) in [5.41, 5.74) is 2.22. The predicted octanol–water partition coefficient (Wildman–Crippen LogP) is 3.07. The van der Waals surface area contributed by atoms with Gasteiger partial charge in [-0.2, -0.15) is 11.8 Å². The number of thioether (sulfide) groups is 1. The van der Waals surface area contributed by atoms with E-state index in [1.54, 1.807) is 0 Å². The smallest absolute Gasteiger partial charge is 0.129 e. The molecular formula is C12H17ClN2S. The van der Waals surface area contributed by atoms with Crippen LogP contribution in [0.25, 0.3) is 0 Å². The van der Waals surface area contributed by atoms with Crippen molar-refractivity contribution in [3.63, 3.8) is 0 Å². The first-order chi connectivity index (χ1) is 7.70.